The molecule has 44 valence electrons. The van der Waals surface area contributed by atoms with Crippen molar-refractivity contribution in [2.24, 2.45) is 0 Å². The number of hydrogen-bond donors (Lipinski definition) is 0. The average molecular weight is 146 g/mol. The molecular formula is C2H5Cl2NO2. The molecule has 0 aromatic carbocycles. The van der Waals surface area contributed by atoms with Crippen molar-refractivity contribution in [2.45, 2.75) is 0 Å². The molecule has 0 amide bonds. The molecule has 0 heterocycles. The van der Waals surface area contributed by atoms with E-state index in [1.54, 1.807) is 0 Å². The number of nitro groups is 1. The van der Waals surface area contributed by atoms with E-state index < -0.39 is 4.92 Å². The molecule has 0 bridgehead atoms. The van der Waals surface area contributed by atoms with Gasteiger partial charge < -0.3 is 0 Å². The van der Waals surface area contributed by atoms with Crippen LogP contribution in [0.5, 0.6) is 0 Å². The van der Waals surface area contributed by atoms with Crippen molar-refractivity contribution in [3.63, 3.8) is 0 Å². The average Bonchev–Trinajstić information content (AvgIpc) is 1.33. The van der Waals surface area contributed by atoms with E-state index in [2.05, 4.69) is 0 Å². The van der Waals surface area contributed by atoms with Gasteiger partial charge in [-0.25, -0.2) is 0 Å². The molecule has 0 aliphatic carbocycles. The Bertz CT molecular complexity index is 45.0. The first-order valence-corrected chi connectivity index (χ1v) is 2.42. The van der Waals surface area contributed by atoms with Crippen LogP contribution in [0.2, 0.25) is 0 Å². The van der Waals surface area contributed by atoms with Crippen LogP contribution in [-0.2, 0) is 0 Å². The van der Waals surface area contributed by atoms with E-state index >= 15 is 0 Å². The molecule has 0 saturated carbocycles. The van der Waals surface area contributed by atoms with Crippen molar-refractivity contribution in [2.75, 3.05) is 12.4 Å². The van der Waals surface area contributed by atoms with Crippen molar-refractivity contribution in [1.82, 2.24) is 0 Å². The highest BCUT2D eigenvalue weighted by molar-refractivity contribution is 6.40. The minimum atomic E-state index is -0.500. The minimum Gasteiger partial charge on any atom is -0.265 e. The monoisotopic (exact) mass is 145 g/mol. The Hall–Kier alpha value is -0.0200. The largest absolute Gasteiger partial charge is 0.265 e. The Labute approximate surface area is 51.4 Å². The third-order valence-corrected chi connectivity index (χ3v) is 0. The highest BCUT2D eigenvalue weighted by Gasteiger charge is 1.57. The summed E-state index contributed by atoms with van der Waals surface area (Å²) in [5.41, 5.74) is 0. The van der Waals surface area contributed by atoms with Crippen molar-refractivity contribution in [3.05, 3.63) is 10.1 Å². The summed E-state index contributed by atoms with van der Waals surface area (Å²) in [6, 6.07) is 0. The molecule has 0 aliphatic heterocycles. The molecule has 3 nitrogen and oxygen atoms in total. The van der Waals surface area contributed by atoms with Gasteiger partial charge in [-0.1, -0.05) is 0 Å². The molecule has 0 aromatic heterocycles. The lowest BCUT2D eigenvalue weighted by Gasteiger charge is -1.63. The molecule has 0 spiro atoms. The summed E-state index contributed by atoms with van der Waals surface area (Å²) in [7, 11) is 0.889. The SMILES string of the molecule is C[N+](=O)[O-].ClCCl. The molecule has 0 atom stereocenters. The second kappa shape index (κ2) is 9.36. The standard InChI is InChI=1S/CH2Cl2.CH3NO2/c2-1-3;1-2(3)4/h1H2;1H3. The summed E-state index contributed by atoms with van der Waals surface area (Å²) in [4.78, 5) is 8.31. The topological polar surface area (TPSA) is 43.1 Å². The fourth-order valence-electron chi connectivity index (χ4n) is 0. The molecule has 0 rings (SSSR count). The van der Waals surface area contributed by atoms with Crippen LogP contribution in [-0.4, -0.2) is 17.3 Å². The van der Waals surface area contributed by atoms with Crippen LogP contribution in [0.1, 0.15) is 0 Å². The summed E-state index contributed by atoms with van der Waals surface area (Å²) in [6.45, 7) is 0. The predicted octanol–water partition coefficient (Wildman–Crippen LogP) is 1.31. The first-order chi connectivity index (χ1) is 3.15. The van der Waals surface area contributed by atoms with Gasteiger partial charge in [-0.3, -0.25) is 10.1 Å². The summed E-state index contributed by atoms with van der Waals surface area (Å²) in [6.07, 6.45) is 0. The van der Waals surface area contributed by atoms with Gasteiger partial charge in [0.2, 0.25) is 0 Å². The quantitative estimate of drug-likeness (QED) is 0.293. The molecule has 0 N–H and O–H groups in total. The Balaban J connectivity index is 0. The van der Waals surface area contributed by atoms with Crippen LogP contribution in [0.4, 0.5) is 0 Å². The summed E-state index contributed by atoms with van der Waals surface area (Å²) in [5.74, 6) is 0. The van der Waals surface area contributed by atoms with Crippen molar-refractivity contribution in [1.29, 1.82) is 0 Å². The molecular weight excluding hydrogens is 141 g/mol. The Morgan fingerprint density at radius 3 is 1.71 bits per heavy atom. The van der Waals surface area contributed by atoms with Crippen LogP contribution < -0.4 is 0 Å². The van der Waals surface area contributed by atoms with E-state index in [0.717, 1.165) is 7.05 Å². The van der Waals surface area contributed by atoms with Gasteiger partial charge in [0.15, 0.2) is 7.05 Å². The number of rotatable bonds is 0. The fourth-order valence-corrected chi connectivity index (χ4v) is 0. The first kappa shape index (κ1) is 10.1. The second-order valence-corrected chi connectivity index (χ2v) is 1.35. The maximum absolute atomic E-state index is 8.81. The minimum absolute atomic E-state index is 0.194. The van der Waals surface area contributed by atoms with Gasteiger partial charge in [-0.05, 0) is 0 Å². The molecule has 0 unspecified atom stereocenters. The van der Waals surface area contributed by atoms with Gasteiger partial charge in [0, 0.05) is 4.92 Å². The molecule has 0 radical (unpaired) electrons. The maximum Gasteiger partial charge on any atom is 0.194 e. The van der Waals surface area contributed by atoms with E-state index in [-0.39, 0.29) is 5.34 Å². The van der Waals surface area contributed by atoms with Gasteiger partial charge in [-0.2, -0.15) is 0 Å². The molecule has 5 heteroatoms. The summed E-state index contributed by atoms with van der Waals surface area (Å²) >= 11 is 9.53. The van der Waals surface area contributed by atoms with Crippen LogP contribution in [0.3, 0.4) is 0 Å². The van der Waals surface area contributed by atoms with Gasteiger partial charge in [0.25, 0.3) is 0 Å². The third-order valence-electron chi connectivity index (χ3n) is 0. The van der Waals surface area contributed by atoms with Crippen molar-refractivity contribution < 1.29 is 4.92 Å². The lowest BCUT2D eigenvalue weighted by atomic mass is 11.5. The van der Waals surface area contributed by atoms with Gasteiger partial charge >= 0.3 is 0 Å². The summed E-state index contributed by atoms with van der Waals surface area (Å²) < 4.78 is 0. The van der Waals surface area contributed by atoms with Crippen LogP contribution in [0.15, 0.2) is 0 Å². The van der Waals surface area contributed by atoms with Crippen LogP contribution in [0, 0.1) is 10.1 Å². The van der Waals surface area contributed by atoms with Crippen molar-refractivity contribution in [3.8, 4) is 0 Å². The number of halogens is 2. The zero-order valence-electron chi connectivity index (χ0n) is 3.73. The van der Waals surface area contributed by atoms with Crippen LogP contribution >= 0.6 is 23.2 Å². The molecule has 0 fully saturated rings. The number of nitrogens with zero attached hydrogens (tertiary/aromatic N) is 1. The van der Waals surface area contributed by atoms with Gasteiger partial charge in [0.05, 0.1) is 5.34 Å². The third kappa shape index (κ3) is 237000. The Morgan fingerprint density at radius 2 is 1.71 bits per heavy atom. The van der Waals surface area contributed by atoms with E-state index in [1.807, 2.05) is 0 Å². The van der Waals surface area contributed by atoms with Crippen LogP contribution in [0.25, 0.3) is 0 Å². The number of alkyl halides is 2. The number of hydrogen-bond acceptors (Lipinski definition) is 2. The van der Waals surface area contributed by atoms with E-state index in [0.29, 0.717) is 0 Å². The second-order valence-electron chi connectivity index (χ2n) is 0.541. The van der Waals surface area contributed by atoms with E-state index in [4.69, 9.17) is 33.3 Å². The van der Waals surface area contributed by atoms with Gasteiger partial charge in [0.1, 0.15) is 0 Å². The molecule has 0 aromatic rings. The van der Waals surface area contributed by atoms with E-state index in [1.165, 1.54) is 0 Å². The smallest absolute Gasteiger partial charge is 0.194 e. The fraction of sp³-hybridized carbons (Fsp3) is 1.00. The highest BCUT2D eigenvalue weighted by Crippen LogP contribution is 1.73. The van der Waals surface area contributed by atoms with E-state index in [9.17, 15) is 0 Å². The zero-order valence-corrected chi connectivity index (χ0v) is 5.24. The Kier molecular flexibility index (Phi) is 13.5. The molecule has 0 aliphatic rings. The summed E-state index contributed by atoms with van der Waals surface area (Å²) in [5, 5.41) is 9.00. The Morgan fingerprint density at radius 1 is 1.71 bits per heavy atom. The first-order valence-electron chi connectivity index (χ1n) is 1.35. The maximum atomic E-state index is 8.81. The lowest BCUT2D eigenvalue weighted by Crippen LogP contribution is -1.79. The molecule has 0 saturated heterocycles. The zero-order chi connectivity index (χ0) is 6.28. The predicted molar refractivity (Wildman–Crippen MR) is 29.5 cm³/mol. The van der Waals surface area contributed by atoms with Crippen molar-refractivity contribution >= 4 is 23.2 Å². The normalized spacial score (nSPS) is 6.14. The molecule has 7 heavy (non-hydrogen) atoms. The lowest BCUT2D eigenvalue weighted by molar-refractivity contribution is -0.445. The van der Waals surface area contributed by atoms with Gasteiger partial charge in [-0.15, -0.1) is 23.2 Å². The highest BCUT2D eigenvalue weighted by atomic mass is 35.5.